The first-order valence-electron chi connectivity index (χ1n) is 7.45. The molecule has 0 fully saturated rings. The normalized spacial score (nSPS) is 12.9. The summed E-state index contributed by atoms with van der Waals surface area (Å²) in [7, 11) is 1.79. The van der Waals surface area contributed by atoms with Crippen LogP contribution in [0.4, 0.5) is 13.2 Å². The van der Waals surface area contributed by atoms with E-state index >= 15 is 0 Å². The van der Waals surface area contributed by atoms with E-state index in [2.05, 4.69) is 15.4 Å². The summed E-state index contributed by atoms with van der Waals surface area (Å²) in [5.74, 6) is -0.663. The van der Waals surface area contributed by atoms with E-state index in [-0.39, 0.29) is 12.0 Å². The highest BCUT2D eigenvalue weighted by Gasteiger charge is 2.41. The summed E-state index contributed by atoms with van der Waals surface area (Å²) in [6.07, 6.45) is -1.80. The second kappa shape index (κ2) is 7.02. The highest BCUT2D eigenvalue weighted by Crippen LogP contribution is 2.32. The Morgan fingerprint density at radius 3 is 2.58 bits per heavy atom. The highest BCUT2D eigenvalue weighted by atomic mass is 19.4. The Morgan fingerprint density at radius 1 is 1.38 bits per heavy atom. The molecule has 0 saturated carbocycles. The van der Waals surface area contributed by atoms with Gasteiger partial charge in [-0.1, -0.05) is 6.07 Å². The lowest BCUT2D eigenvalue weighted by Crippen LogP contribution is -2.38. The third-order valence-corrected chi connectivity index (χ3v) is 3.91. The van der Waals surface area contributed by atoms with Crippen LogP contribution in [0.25, 0.3) is 0 Å². The molecule has 0 radical (unpaired) electrons. The average molecular weight is 340 g/mol. The molecule has 0 bridgehead atoms. The minimum absolute atomic E-state index is 0.0415. The first-order chi connectivity index (χ1) is 11.2. The number of carbonyl (C=O) groups is 1. The van der Waals surface area contributed by atoms with Crippen LogP contribution < -0.4 is 5.32 Å². The summed E-state index contributed by atoms with van der Waals surface area (Å²) in [5.41, 5.74) is 2.48. The topological polar surface area (TPSA) is 59.8 Å². The summed E-state index contributed by atoms with van der Waals surface area (Å²) >= 11 is 0. The average Bonchev–Trinajstić information content (AvgIpc) is 2.75. The van der Waals surface area contributed by atoms with Gasteiger partial charge in [0.15, 0.2) is 6.04 Å². The molecule has 0 aliphatic heterocycles. The molecule has 1 amide bonds. The number of alkyl halides is 3. The molecule has 0 aromatic carbocycles. The molecule has 0 spiro atoms. The van der Waals surface area contributed by atoms with Gasteiger partial charge in [0.2, 0.25) is 5.91 Å². The summed E-state index contributed by atoms with van der Waals surface area (Å²) in [5, 5.41) is 6.29. The Morgan fingerprint density at radius 2 is 2.08 bits per heavy atom. The number of halogens is 3. The van der Waals surface area contributed by atoms with Crippen LogP contribution in [0.5, 0.6) is 0 Å². The van der Waals surface area contributed by atoms with Gasteiger partial charge in [-0.15, -0.1) is 0 Å². The summed E-state index contributed by atoms with van der Waals surface area (Å²) in [4.78, 5) is 15.7. The molecule has 8 heteroatoms. The van der Waals surface area contributed by atoms with Crippen LogP contribution in [-0.4, -0.2) is 26.8 Å². The molecule has 1 N–H and O–H groups in total. The lowest BCUT2D eigenvalue weighted by Gasteiger charge is -2.21. The molecule has 1 atom stereocenters. The van der Waals surface area contributed by atoms with Crippen LogP contribution in [0.3, 0.4) is 0 Å². The van der Waals surface area contributed by atoms with E-state index in [1.165, 1.54) is 18.3 Å². The number of hydrogen-bond donors (Lipinski definition) is 1. The monoisotopic (exact) mass is 340 g/mol. The van der Waals surface area contributed by atoms with E-state index in [1.54, 1.807) is 11.7 Å². The van der Waals surface area contributed by atoms with Crippen LogP contribution in [0, 0.1) is 13.8 Å². The number of pyridine rings is 1. The van der Waals surface area contributed by atoms with Crippen LogP contribution >= 0.6 is 0 Å². The minimum Gasteiger partial charge on any atom is -0.341 e. The Labute approximate surface area is 137 Å². The number of amides is 1. The number of rotatable bonds is 5. The molecule has 2 rings (SSSR count). The largest absolute Gasteiger partial charge is 0.412 e. The van der Waals surface area contributed by atoms with E-state index < -0.39 is 18.1 Å². The van der Waals surface area contributed by atoms with Crippen molar-refractivity contribution in [3.63, 3.8) is 0 Å². The fourth-order valence-electron chi connectivity index (χ4n) is 2.55. The third-order valence-electron chi connectivity index (χ3n) is 3.91. The van der Waals surface area contributed by atoms with Crippen molar-refractivity contribution in [3.8, 4) is 0 Å². The molecule has 2 heterocycles. The maximum Gasteiger partial charge on any atom is 0.412 e. The molecule has 0 saturated heterocycles. The van der Waals surface area contributed by atoms with Crippen LogP contribution in [-0.2, 0) is 18.3 Å². The quantitative estimate of drug-likeness (QED) is 0.910. The lowest BCUT2D eigenvalue weighted by molar-refractivity contribution is -0.163. The molecule has 5 nitrogen and oxygen atoms in total. The lowest BCUT2D eigenvalue weighted by atomic mass is 10.1. The van der Waals surface area contributed by atoms with E-state index in [0.717, 1.165) is 23.1 Å². The van der Waals surface area contributed by atoms with E-state index in [0.29, 0.717) is 6.42 Å². The van der Waals surface area contributed by atoms with Crippen molar-refractivity contribution < 1.29 is 18.0 Å². The maximum absolute atomic E-state index is 13.2. The minimum atomic E-state index is -4.58. The van der Waals surface area contributed by atoms with Gasteiger partial charge in [-0.25, -0.2) is 0 Å². The number of carbonyl (C=O) groups excluding carboxylic acids is 1. The van der Waals surface area contributed by atoms with E-state index in [1.807, 2.05) is 13.8 Å². The molecule has 1 unspecified atom stereocenters. The maximum atomic E-state index is 13.2. The van der Waals surface area contributed by atoms with E-state index in [9.17, 15) is 18.0 Å². The number of aromatic nitrogens is 3. The number of nitrogens with one attached hydrogen (secondary N) is 1. The van der Waals surface area contributed by atoms with Gasteiger partial charge >= 0.3 is 6.18 Å². The number of hydrogen-bond acceptors (Lipinski definition) is 3. The van der Waals surface area contributed by atoms with E-state index in [4.69, 9.17) is 0 Å². The van der Waals surface area contributed by atoms with Crippen LogP contribution in [0.15, 0.2) is 24.5 Å². The Balaban J connectivity index is 2.06. The summed E-state index contributed by atoms with van der Waals surface area (Å²) in [6.45, 7) is 3.68. The summed E-state index contributed by atoms with van der Waals surface area (Å²) in [6, 6.07) is 0.637. The number of nitrogens with zero attached hydrogens (tertiary/aromatic N) is 3. The Kier molecular flexibility index (Phi) is 5.26. The Bertz CT molecular complexity index is 710. The van der Waals surface area contributed by atoms with Crippen molar-refractivity contribution in [2.45, 2.75) is 38.9 Å². The van der Waals surface area contributed by atoms with Gasteiger partial charge < -0.3 is 5.32 Å². The fraction of sp³-hybridized carbons (Fsp3) is 0.438. The number of aryl methyl sites for hydroxylation is 2. The SMILES string of the molecule is Cc1nn(C)c(C)c1CCC(=O)NC(c1cccnc1)C(F)(F)F. The Hall–Kier alpha value is -2.38. The molecule has 2 aromatic rings. The first kappa shape index (κ1) is 18.0. The van der Waals surface area contributed by atoms with Crippen molar-refractivity contribution in [1.29, 1.82) is 0 Å². The zero-order chi connectivity index (χ0) is 17.9. The second-order valence-electron chi connectivity index (χ2n) is 5.60. The molecule has 0 aliphatic carbocycles. The molecular weight excluding hydrogens is 321 g/mol. The van der Waals surface area contributed by atoms with Crippen LogP contribution in [0.2, 0.25) is 0 Å². The summed E-state index contributed by atoms with van der Waals surface area (Å²) < 4.78 is 41.3. The molecule has 24 heavy (non-hydrogen) atoms. The van der Waals surface area contributed by atoms with Crippen molar-refractivity contribution in [2.75, 3.05) is 0 Å². The van der Waals surface area contributed by atoms with Gasteiger partial charge in [-0.2, -0.15) is 18.3 Å². The van der Waals surface area contributed by atoms with Gasteiger partial charge in [0, 0.05) is 37.1 Å². The first-order valence-corrected chi connectivity index (χ1v) is 7.45. The zero-order valence-electron chi connectivity index (χ0n) is 13.7. The van der Waals surface area contributed by atoms with Gasteiger partial charge in [0.1, 0.15) is 0 Å². The van der Waals surface area contributed by atoms with Crippen molar-refractivity contribution in [1.82, 2.24) is 20.1 Å². The zero-order valence-corrected chi connectivity index (χ0v) is 13.7. The van der Waals surface area contributed by atoms with Crippen molar-refractivity contribution >= 4 is 5.91 Å². The molecule has 130 valence electrons. The molecular formula is C16H19F3N4O. The van der Waals surface area contributed by atoms with Crippen LogP contribution in [0.1, 0.15) is 35.0 Å². The molecule has 2 aromatic heterocycles. The fourth-order valence-corrected chi connectivity index (χ4v) is 2.55. The van der Waals surface area contributed by atoms with Gasteiger partial charge in [-0.05, 0) is 31.9 Å². The highest BCUT2D eigenvalue weighted by molar-refractivity contribution is 5.76. The van der Waals surface area contributed by atoms with Gasteiger partial charge in [0.05, 0.1) is 5.69 Å². The van der Waals surface area contributed by atoms with Crippen molar-refractivity contribution in [2.24, 2.45) is 7.05 Å². The third kappa shape index (κ3) is 4.12. The van der Waals surface area contributed by atoms with Crippen molar-refractivity contribution in [3.05, 3.63) is 47.0 Å². The van der Waals surface area contributed by atoms with Gasteiger partial charge in [0.25, 0.3) is 0 Å². The smallest absolute Gasteiger partial charge is 0.341 e. The second-order valence-corrected chi connectivity index (χ2v) is 5.60. The standard InChI is InChI=1S/C16H19F3N4O/c1-10-13(11(2)23(3)22-10)6-7-14(24)21-15(16(17,18)19)12-5-4-8-20-9-12/h4-5,8-9,15H,6-7H2,1-3H3,(H,21,24). The van der Waals surface area contributed by atoms with Gasteiger partial charge in [-0.3, -0.25) is 14.5 Å². The predicted molar refractivity (Wildman–Crippen MR) is 82.2 cm³/mol. The predicted octanol–water partition coefficient (Wildman–Crippen LogP) is 2.78. The molecule has 0 aliphatic rings.